The van der Waals surface area contributed by atoms with Crippen LogP contribution in [-0.4, -0.2) is 50.5 Å². The van der Waals surface area contributed by atoms with Crippen molar-refractivity contribution in [3.8, 4) is 0 Å². The Hall–Kier alpha value is -3.65. The van der Waals surface area contributed by atoms with Crippen molar-refractivity contribution in [1.29, 1.82) is 0 Å². The van der Waals surface area contributed by atoms with E-state index in [1.165, 1.54) is 4.90 Å². The Bertz CT molecular complexity index is 1420. The zero-order valence-corrected chi connectivity index (χ0v) is 25.2. The minimum Gasteiger partial charge on any atom is -0.354 e. The fraction of sp³-hybridized carbons (Fsp3) is 0.375. The predicted octanol–water partition coefficient (Wildman–Crippen LogP) is 4.79. The molecule has 0 aromatic heterocycles. The molecular weight excluding hydrogens is 522 g/mol. The molecule has 0 spiro atoms. The maximum absolute atomic E-state index is 14.2. The van der Waals surface area contributed by atoms with Gasteiger partial charge in [-0.2, -0.15) is 0 Å². The molecule has 3 aromatic carbocycles. The molecule has 0 unspecified atom stereocenters. The van der Waals surface area contributed by atoms with Crippen molar-refractivity contribution in [2.45, 2.75) is 53.6 Å². The first-order valence-electron chi connectivity index (χ1n) is 13.6. The van der Waals surface area contributed by atoms with E-state index in [-0.39, 0.29) is 18.4 Å². The number of anilines is 1. The van der Waals surface area contributed by atoms with Gasteiger partial charge in [-0.3, -0.25) is 13.9 Å². The van der Waals surface area contributed by atoms with Crippen LogP contribution in [0.4, 0.5) is 5.69 Å². The van der Waals surface area contributed by atoms with Gasteiger partial charge in [-0.25, -0.2) is 8.42 Å². The molecule has 2 amide bonds. The van der Waals surface area contributed by atoms with E-state index >= 15 is 0 Å². The van der Waals surface area contributed by atoms with Crippen LogP contribution in [0.5, 0.6) is 0 Å². The van der Waals surface area contributed by atoms with Crippen LogP contribution >= 0.6 is 0 Å². The van der Waals surface area contributed by atoms with Crippen LogP contribution in [0, 0.1) is 26.7 Å². The Morgan fingerprint density at radius 2 is 1.52 bits per heavy atom. The number of benzene rings is 3. The molecule has 0 aliphatic rings. The molecule has 0 radical (unpaired) electrons. The number of hydrogen-bond donors (Lipinski definition) is 1. The molecule has 7 nitrogen and oxygen atoms in total. The zero-order chi connectivity index (χ0) is 29.4. The van der Waals surface area contributed by atoms with Crippen LogP contribution in [-0.2, 0) is 32.6 Å². The van der Waals surface area contributed by atoms with E-state index < -0.39 is 28.5 Å². The molecule has 1 atom stereocenters. The molecule has 1 N–H and O–H groups in total. The summed E-state index contributed by atoms with van der Waals surface area (Å²) in [6, 6.07) is 22.0. The summed E-state index contributed by atoms with van der Waals surface area (Å²) in [6.07, 6.45) is 1.40. The quantitative estimate of drug-likeness (QED) is 0.343. The topological polar surface area (TPSA) is 86.8 Å². The maximum atomic E-state index is 14.2. The van der Waals surface area contributed by atoms with E-state index in [2.05, 4.69) is 5.32 Å². The van der Waals surface area contributed by atoms with Crippen LogP contribution in [0.1, 0.15) is 41.7 Å². The average Bonchev–Trinajstić information content (AvgIpc) is 2.90. The summed E-state index contributed by atoms with van der Waals surface area (Å²) in [5, 5.41) is 3.01. The van der Waals surface area contributed by atoms with Gasteiger partial charge < -0.3 is 10.2 Å². The van der Waals surface area contributed by atoms with E-state index in [0.717, 1.165) is 38.4 Å². The molecule has 0 bridgehead atoms. The summed E-state index contributed by atoms with van der Waals surface area (Å²) >= 11 is 0. The van der Waals surface area contributed by atoms with Crippen LogP contribution in [0.3, 0.4) is 0 Å². The number of sulfonamides is 1. The van der Waals surface area contributed by atoms with Crippen LogP contribution < -0.4 is 9.62 Å². The molecule has 0 heterocycles. The number of nitrogens with one attached hydrogen (secondary N) is 1. The van der Waals surface area contributed by atoms with E-state index in [1.807, 2.05) is 101 Å². The Morgan fingerprint density at radius 1 is 0.875 bits per heavy atom. The third-order valence-corrected chi connectivity index (χ3v) is 8.00. The molecule has 3 rings (SSSR count). The molecule has 0 aliphatic carbocycles. The van der Waals surface area contributed by atoms with Crippen LogP contribution in [0.15, 0.2) is 72.8 Å². The first kappa shape index (κ1) is 30.9. The van der Waals surface area contributed by atoms with Gasteiger partial charge in [0.1, 0.15) is 12.6 Å². The Kier molecular flexibility index (Phi) is 10.5. The van der Waals surface area contributed by atoms with E-state index in [9.17, 15) is 18.0 Å². The van der Waals surface area contributed by atoms with Gasteiger partial charge in [0.2, 0.25) is 21.8 Å². The smallest absolute Gasteiger partial charge is 0.244 e. The maximum Gasteiger partial charge on any atom is 0.244 e. The van der Waals surface area contributed by atoms with Crippen molar-refractivity contribution >= 4 is 27.5 Å². The number of nitrogens with zero attached hydrogens (tertiary/aromatic N) is 2. The zero-order valence-electron chi connectivity index (χ0n) is 24.3. The summed E-state index contributed by atoms with van der Waals surface area (Å²) in [6.45, 7) is 9.90. The first-order valence-corrected chi connectivity index (χ1v) is 15.4. The standard InChI is InChI=1S/C32H41N3O4S/c1-23(2)20-33-32(37)30(19-27-13-8-7-9-14-27)34(21-28-15-11-10-12-25(28)4)31(36)22-35(40(6,38)39)29-18-24(3)16-17-26(29)5/h7-18,23,30H,19-22H2,1-6H3,(H,33,37)/t30-/m1/s1. The van der Waals surface area contributed by atoms with Crippen LogP contribution in [0.2, 0.25) is 0 Å². The third kappa shape index (κ3) is 8.42. The van der Waals surface area contributed by atoms with Crippen molar-refractivity contribution in [2.24, 2.45) is 5.92 Å². The average molecular weight is 564 g/mol. The van der Waals surface area contributed by atoms with Gasteiger partial charge in [0.05, 0.1) is 11.9 Å². The highest BCUT2D eigenvalue weighted by atomic mass is 32.2. The molecular formula is C32H41N3O4S. The second-order valence-electron chi connectivity index (χ2n) is 10.9. The van der Waals surface area contributed by atoms with Gasteiger partial charge in [-0.1, -0.05) is 80.6 Å². The van der Waals surface area contributed by atoms with Crippen molar-refractivity contribution in [1.82, 2.24) is 10.2 Å². The Morgan fingerprint density at radius 3 is 2.15 bits per heavy atom. The fourth-order valence-electron chi connectivity index (χ4n) is 4.53. The lowest BCUT2D eigenvalue weighted by atomic mass is 10.0. The van der Waals surface area contributed by atoms with Crippen molar-refractivity contribution in [2.75, 3.05) is 23.7 Å². The minimum absolute atomic E-state index is 0.169. The largest absolute Gasteiger partial charge is 0.354 e. The monoisotopic (exact) mass is 563 g/mol. The fourth-order valence-corrected chi connectivity index (χ4v) is 5.43. The van der Waals surface area contributed by atoms with Crippen molar-refractivity contribution in [3.63, 3.8) is 0 Å². The summed E-state index contributed by atoms with van der Waals surface area (Å²) in [5.41, 5.74) is 4.86. The number of rotatable bonds is 12. The highest BCUT2D eigenvalue weighted by Crippen LogP contribution is 2.25. The molecule has 214 valence electrons. The van der Waals surface area contributed by atoms with Gasteiger partial charge in [0.15, 0.2) is 0 Å². The molecule has 8 heteroatoms. The number of aryl methyl sites for hydroxylation is 3. The third-order valence-electron chi connectivity index (χ3n) is 6.87. The first-order chi connectivity index (χ1) is 18.9. The number of hydrogen-bond acceptors (Lipinski definition) is 4. The SMILES string of the molecule is Cc1ccc(C)c(N(CC(=O)N(Cc2ccccc2C)[C@H](Cc2ccccc2)C(=O)NCC(C)C)S(C)(=O)=O)c1. The number of amides is 2. The van der Waals surface area contributed by atoms with E-state index in [1.54, 1.807) is 6.07 Å². The number of carbonyl (C=O) groups excluding carboxylic acids is 2. The molecule has 3 aromatic rings. The lowest BCUT2D eigenvalue weighted by Crippen LogP contribution is -2.53. The van der Waals surface area contributed by atoms with Gasteiger partial charge in [0, 0.05) is 19.5 Å². The molecule has 0 aliphatic heterocycles. The van der Waals surface area contributed by atoms with Gasteiger partial charge in [-0.05, 0) is 60.6 Å². The second-order valence-corrected chi connectivity index (χ2v) is 12.8. The van der Waals surface area contributed by atoms with Gasteiger partial charge in [0.25, 0.3) is 0 Å². The van der Waals surface area contributed by atoms with Crippen LogP contribution in [0.25, 0.3) is 0 Å². The normalized spacial score (nSPS) is 12.2. The summed E-state index contributed by atoms with van der Waals surface area (Å²) in [7, 11) is -3.81. The molecule has 0 saturated carbocycles. The number of carbonyl (C=O) groups is 2. The van der Waals surface area contributed by atoms with Crippen molar-refractivity contribution in [3.05, 3.63) is 101 Å². The van der Waals surface area contributed by atoms with Gasteiger partial charge in [-0.15, -0.1) is 0 Å². The highest BCUT2D eigenvalue weighted by molar-refractivity contribution is 7.92. The van der Waals surface area contributed by atoms with Gasteiger partial charge >= 0.3 is 0 Å². The Labute approximate surface area is 239 Å². The molecule has 0 fully saturated rings. The summed E-state index contributed by atoms with van der Waals surface area (Å²) in [4.78, 5) is 29.4. The molecule has 40 heavy (non-hydrogen) atoms. The summed E-state index contributed by atoms with van der Waals surface area (Å²) < 4.78 is 27.2. The lowest BCUT2D eigenvalue weighted by molar-refractivity contribution is -0.140. The molecule has 0 saturated heterocycles. The lowest BCUT2D eigenvalue weighted by Gasteiger charge is -2.34. The summed E-state index contributed by atoms with van der Waals surface area (Å²) in [5.74, 6) is -0.487. The second kappa shape index (κ2) is 13.6. The predicted molar refractivity (Wildman–Crippen MR) is 162 cm³/mol. The highest BCUT2D eigenvalue weighted by Gasteiger charge is 2.33. The van der Waals surface area contributed by atoms with E-state index in [0.29, 0.717) is 18.7 Å². The Balaban J connectivity index is 2.08. The van der Waals surface area contributed by atoms with Crippen molar-refractivity contribution < 1.29 is 18.0 Å². The van der Waals surface area contributed by atoms with E-state index in [4.69, 9.17) is 0 Å². The minimum atomic E-state index is -3.81.